The first-order valence-electron chi connectivity index (χ1n) is 17.3. The van der Waals surface area contributed by atoms with Crippen molar-refractivity contribution in [3.8, 4) is 0 Å². The highest BCUT2D eigenvalue weighted by Gasteiger charge is 2.64. The fourth-order valence-electron chi connectivity index (χ4n) is 8.16. The Balaban J connectivity index is 1.01. The number of benzene rings is 1. The highest BCUT2D eigenvalue weighted by atomic mass is 16.8. The van der Waals surface area contributed by atoms with E-state index in [2.05, 4.69) is 17.5 Å². The highest BCUT2D eigenvalue weighted by Crippen LogP contribution is 2.59. The number of aliphatic hydroxyl groups is 1. The number of aliphatic hydroxyl groups excluding tert-OH is 1. The minimum Gasteiger partial charge on any atom is -0.456 e. The molecule has 2 N–H and O–H groups in total. The number of fused-ring (bicyclic) bond motifs is 2. The van der Waals surface area contributed by atoms with Crippen LogP contribution in [0.25, 0.3) is 6.08 Å². The molecule has 1 aromatic rings. The van der Waals surface area contributed by atoms with Crippen molar-refractivity contribution in [3.05, 3.63) is 53.1 Å². The van der Waals surface area contributed by atoms with Gasteiger partial charge in [-0.05, 0) is 87.5 Å². The van der Waals surface area contributed by atoms with Crippen molar-refractivity contribution >= 4 is 23.9 Å². The van der Waals surface area contributed by atoms with Crippen molar-refractivity contribution in [1.82, 2.24) is 10.2 Å². The van der Waals surface area contributed by atoms with Gasteiger partial charge in [0.05, 0.1) is 24.4 Å². The average molecular weight is 633 g/mol. The van der Waals surface area contributed by atoms with Gasteiger partial charge in [0, 0.05) is 36.9 Å². The van der Waals surface area contributed by atoms with Crippen LogP contribution in [0.4, 0.5) is 0 Å². The van der Waals surface area contributed by atoms with Crippen LogP contribution in [-0.2, 0) is 28.5 Å². The van der Waals surface area contributed by atoms with Crippen LogP contribution in [0.5, 0.6) is 0 Å². The predicted octanol–water partition coefficient (Wildman–Crippen LogP) is 3.52. The molecule has 7 aliphatic rings. The molecular weight excluding hydrogens is 588 g/mol. The summed E-state index contributed by atoms with van der Waals surface area (Å²) in [7, 11) is 0. The van der Waals surface area contributed by atoms with Crippen LogP contribution in [0.15, 0.2) is 42.0 Å². The molecule has 1 aromatic carbocycles. The Morgan fingerprint density at radius 3 is 2.63 bits per heavy atom. The number of esters is 1. The van der Waals surface area contributed by atoms with Crippen LogP contribution in [0.3, 0.4) is 0 Å². The molecule has 2 amide bonds. The van der Waals surface area contributed by atoms with Crippen LogP contribution in [0, 0.1) is 17.8 Å². The van der Waals surface area contributed by atoms with Gasteiger partial charge in [0.1, 0.15) is 24.4 Å². The molecule has 7 atom stereocenters. The first kappa shape index (κ1) is 30.3. The van der Waals surface area contributed by atoms with Gasteiger partial charge in [-0.1, -0.05) is 24.3 Å². The summed E-state index contributed by atoms with van der Waals surface area (Å²) >= 11 is 0. The van der Waals surface area contributed by atoms with Gasteiger partial charge >= 0.3 is 5.97 Å². The number of allylic oxidation sites excluding steroid dienone is 1. The van der Waals surface area contributed by atoms with E-state index in [0.717, 1.165) is 50.5 Å². The number of carbonyl (C=O) groups excluding carboxylic acids is 3. The Bertz CT molecular complexity index is 1420. The minimum atomic E-state index is -0.710. The number of carbonyl (C=O) groups is 3. The largest absolute Gasteiger partial charge is 0.456 e. The monoisotopic (exact) mass is 632 g/mol. The van der Waals surface area contributed by atoms with Crippen LogP contribution in [0.1, 0.15) is 80.1 Å². The number of nitrogens with zero attached hydrogens (tertiary/aromatic N) is 1. The fourth-order valence-corrected chi connectivity index (χ4v) is 8.16. The lowest BCUT2D eigenvalue weighted by atomic mass is 9.88. The third-order valence-corrected chi connectivity index (χ3v) is 10.9. The van der Waals surface area contributed by atoms with E-state index >= 15 is 0 Å². The third-order valence-electron chi connectivity index (χ3n) is 10.9. The minimum absolute atomic E-state index is 0.144. The van der Waals surface area contributed by atoms with Gasteiger partial charge in [-0.15, -0.1) is 0 Å². The third kappa shape index (κ3) is 5.93. The zero-order valence-electron chi connectivity index (χ0n) is 26.2. The van der Waals surface area contributed by atoms with Gasteiger partial charge in [-0.3, -0.25) is 9.59 Å². The van der Waals surface area contributed by atoms with Crippen molar-refractivity contribution < 1.29 is 38.4 Å². The van der Waals surface area contributed by atoms with E-state index in [-0.39, 0.29) is 31.4 Å². The normalized spacial score (nSPS) is 34.5. The van der Waals surface area contributed by atoms with Crippen molar-refractivity contribution in [2.45, 2.75) is 107 Å². The second kappa shape index (κ2) is 12.2. The zero-order valence-corrected chi connectivity index (χ0v) is 26.2. The number of hydrogen-bond acceptors (Lipinski definition) is 8. The number of epoxide rings is 1. The van der Waals surface area contributed by atoms with Crippen LogP contribution in [0.2, 0.25) is 0 Å². The van der Waals surface area contributed by atoms with E-state index in [9.17, 15) is 14.4 Å². The second-order valence-electron chi connectivity index (χ2n) is 14.2. The SMILES string of the molecule is O=C(OC1CC(C(=O)N2CCCC2C(=O)NCCO)=CC2OC(C3CC3)(C3CC3)OC21)c1cccc(C=CC2CCC3OC3C2)c1. The topological polar surface area (TPSA) is 127 Å². The van der Waals surface area contributed by atoms with Gasteiger partial charge in [0.25, 0.3) is 0 Å². The standard InChI is InChI=1S/C36H44N2O8/c39-16-14-37-33(40)27-5-2-15-38(27)34(41)24-19-30(32-31(20-24)45-36(46-32,25-9-10-25)26-11-12-26)44-35(42)23-4-1-3-21(17-23)6-7-22-8-13-28-29(18-22)43-28/h1,3-4,6-7,17,20,22,25-32,39H,2,5,8-16,18-19H2,(H,37,40). The Hall–Kier alpha value is -3.05. The molecule has 4 aliphatic carbocycles. The smallest absolute Gasteiger partial charge is 0.338 e. The van der Waals surface area contributed by atoms with Gasteiger partial charge in [0.2, 0.25) is 11.8 Å². The Morgan fingerprint density at radius 2 is 1.87 bits per heavy atom. The summed E-state index contributed by atoms with van der Waals surface area (Å²) in [5.41, 5.74) is 1.87. The molecular formula is C36H44N2O8. The molecule has 0 radical (unpaired) electrons. The summed E-state index contributed by atoms with van der Waals surface area (Å²) in [6.45, 7) is 0.447. The summed E-state index contributed by atoms with van der Waals surface area (Å²) in [5, 5.41) is 11.9. The van der Waals surface area contributed by atoms with E-state index < -0.39 is 36.1 Å². The van der Waals surface area contributed by atoms with E-state index in [1.165, 1.54) is 0 Å². The molecule has 6 fully saturated rings. The van der Waals surface area contributed by atoms with E-state index in [4.69, 9.17) is 24.1 Å². The first-order chi connectivity index (χ1) is 22.4. The summed E-state index contributed by atoms with van der Waals surface area (Å²) < 4.78 is 25.4. The average Bonchev–Trinajstić information content (AvgIpc) is 3.99. The molecule has 10 heteroatoms. The Kier molecular flexibility index (Phi) is 8.03. The number of hydrogen-bond donors (Lipinski definition) is 2. The van der Waals surface area contributed by atoms with Crippen LogP contribution in [-0.4, -0.2) is 89.8 Å². The van der Waals surface area contributed by atoms with Crippen LogP contribution >= 0.6 is 0 Å². The maximum absolute atomic E-state index is 14.0. The van der Waals surface area contributed by atoms with Crippen LogP contribution < -0.4 is 5.32 Å². The van der Waals surface area contributed by atoms with Gasteiger partial charge in [0.15, 0.2) is 5.79 Å². The molecule has 3 saturated heterocycles. The molecule has 3 aliphatic heterocycles. The molecule has 10 nitrogen and oxygen atoms in total. The number of likely N-dealkylation sites (tertiary alicyclic amines) is 1. The quantitative estimate of drug-likeness (QED) is 0.297. The molecule has 0 aromatic heterocycles. The van der Waals surface area contributed by atoms with E-state index in [0.29, 0.717) is 60.5 Å². The molecule has 46 heavy (non-hydrogen) atoms. The van der Waals surface area contributed by atoms with E-state index in [1.807, 2.05) is 24.3 Å². The van der Waals surface area contributed by atoms with Crippen molar-refractivity contribution in [2.75, 3.05) is 19.7 Å². The number of rotatable bonds is 10. The first-order valence-corrected chi connectivity index (χ1v) is 17.3. The molecule has 246 valence electrons. The molecule has 8 rings (SSSR count). The number of ether oxygens (including phenoxy) is 4. The zero-order chi connectivity index (χ0) is 31.4. The lowest BCUT2D eigenvalue weighted by Crippen LogP contribution is -2.49. The summed E-state index contributed by atoms with van der Waals surface area (Å²) in [5.74, 6) is -0.532. The predicted molar refractivity (Wildman–Crippen MR) is 166 cm³/mol. The maximum Gasteiger partial charge on any atom is 0.338 e. The van der Waals surface area contributed by atoms with Gasteiger partial charge in [-0.25, -0.2) is 4.79 Å². The summed E-state index contributed by atoms with van der Waals surface area (Å²) in [6.07, 6.45) is 14.2. The molecule has 3 heterocycles. The van der Waals surface area contributed by atoms with E-state index in [1.54, 1.807) is 11.0 Å². The molecule has 7 unspecified atom stereocenters. The van der Waals surface area contributed by atoms with Gasteiger partial charge < -0.3 is 34.3 Å². The van der Waals surface area contributed by atoms with Crippen molar-refractivity contribution in [1.29, 1.82) is 0 Å². The summed E-state index contributed by atoms with van der Waals surface area (Å²) in [4.78, 5) is 42.1. The Labute approximate surface area is 269 Å². The van der Waals surface area contributed by atoms with Gasteiger partial charge in [-0.2, -0.15) is 0 Å². The Morgan fingerprint density at radius 1 is 1.04 bits per heavy atom. The summed E-state index contributed by atoms with van der Waals surface area (Å²) in [6, 6.07) is 6.87. The number of nitrogens with one attached hydrogen (secondary N) is 1. The number of amides is 2. The van der Waals surface area contributed by atoms with Crippen molar-refractivity contribution in [3.63, 3.8) is 0 Å². The van der Waals surface area contributed by atoms with Crippen molar-refractivity contribution in [2.24, 2.45) is 17.8 Å². The second-order valence-corrected chi connectivity index (χ2v) is 14.2. The lowest BCUT2D eigenvalue weighted by Gasteiger charge is -2.33. The fraction of sp³-hybridized carbons (Fsp3) is 0.639. The molecule has 3 saturated carbocycles. The maximum atomic E-state index is 14.0. The molecule has 0 bridgehead atoms. The lowest BCUT2D eigenvalue weighted by molar-refractivity contribution is -0.209. The highest BCUT2D eigenvalue weighted by molar-refractivity contribution is 5.98. The molecule has 0 spiro atoms.